The molecule has 2 unspecified atom stereocenters. The Morgan fingerprint density at radius 3 is 2.50 bits per heavy atom. The molecule has 1 aliphatic carbocycles. The van der Waals surface area contributed by atoms with Crippen LogP contribution in [0, 0.1) is 5.92 Å². The lowest BCUT2D eigenvalue weighted by Crippen LogP contribution is -2.53. The van der Waals surface area contributed by atoms with Gasteiger partial charge < -0.3 is 11.1 Å². The average Bonchev–Trinajstić information content (AvgIpc) is 2.47. The first-order chi connectivity index (χ1) is 10.0. The van der Waals surface area contributed by atoms with Crippen LogP contribution in [0.5, 0.6) is 0 Å². The Balaban J connectivity index is 0.00000242. The van der Waals surface area contributed by atoms with Crippen molar-refractivity contribution in [3.05, 3.63) is 35.4 Å². The monoisotopic (exact) mass is 324 g/mol. The zero-order valence-corrected chi connectivity index (χ0v) is 14.5. The maximum Gasteiger partial charge on any atom is 0.224 e. The molecule has 0 aromatic heterocycles. The molecule has 1 fully saturated rings. The molecule has 1 saturated carbocycles. The Bertz CT molecular complexity index is 470. The molecule has 4 heteroatoms. The van der Waals surface area contributed by atoms with Crippen LogP contribution in [-0.4, -0.2) is 18.0 Å². The van der Waals surface area contributed by atoms with Crippen LogP contribution in [0.15, 0.2) is 24.3 Å². The van der Waals surface area contributed by atoms with Gasteiger partial charge in [0.2, 0.25) is 5.91 Å². The van der Waals surface area contributed by atoms with Crippen LogP contribution >= 0.6 is 12.4 Å². The molecule has 1 aromatic carbocycles. The van der Waals surface area contributed by atoms with Gasteiger partial charge in [0.05, 0.1) is 5.92 Å². The van der Waals surface area contributed by atoms with Gasteiger partial charge in [0.15, 0.2) is 0 Å². The molecule has 2 atom stereocenters. The minimum atomic E-state index is -0.342. The maximum absolute atomic E-state index is 12.3. The number of hydrogen-bond donors (Lipinski definition) is 2. The van der Waals surface area contributed by atoms with Crippen LogP contribution in [0.1, 0.15) is 50.7 Å². The molecule has 0 radical (unpaired) electrons. The van der Waals surface area contributed by atoms with E-state index in [1.54, 1.807) is 0 Å². The summed E-state index contributed by atoms with van der Waals surface area (Å²) in [7, 11) is 0. The van der Waals surface area contributed by atoms with Crippen LogP contribution in [-0.2, 0) is 17.6 Å². The molecule has 1 aliphatic rings. The molecule has 3 nitrogen and oxygen atoms in total. The molecule has 1 aromatic rings. The SMILES string of the molecule is CCc1ccc(CCNC(=O)C2CCCCC2(C)N)cc1.Cl. The Morgan fingerprint density at radius 2 is 1.91 bits per heavy atom. The molecule has 0 heterocycles. The van der Waals surface area contributed by atoms with E-state index in [4.69, 9.17) is 5.73 Å². The summed E-state index contributed by atoms with van der Waals surface area (Å²) in [5.74, 6) is 0.0959. The highest BCUT2D eigenvalue weighted by Crippen LogP contribution is 2.31. The molecular formula is C18H29ClN2O. The van der Waals surface area contributed by atoms with Crippen molar-refractivity contribution in [3.63, 3.8) is 0 Å². The maximum atomic E-state index is 12.3. The number of carbonyl (C=O) groups is 1. The quantitative estimate of drug-likeness (QED) is 0.873. The predicted molar refractivity (Wildman–Crippen MR) is 94.3 cm³/mol. The third-order valence-corrected chi connectivity index (χ3v) is 4.71. The molecule has 2 rings (SSSR count). The van der Waals surface area contributed by atoms with Gasteiger partial charge in [0.1, 0.15) is 0 Å². The highest BCUT2D eigenvalue weighted by molar-refractivity contribution is 5.85. The zero-order chi connectivity index (χ0) is 15.3. The summed E-state index contributed by atoms with van der Waals surface area (Å²) in [5, 5.41) is 3.07. The second-order valence-corrected chi connectivity index (χ2v) is 6.52. The van der Waals surface area contributed by atoms with E-state index in [1.807, 2.05) is 6.92 Å². The Hall–Kier alpha value is -1.06. The number of amides is 1. The number of rotatable bonds is 5. The molecule has 0 aliphatic heterocycles. The van der Waals surface area contributed by atoms with Crippen LogP contribution in [0.2, 0.25) is 0 Å². The van der Waals surface area contributed by atoms with Crippen molar-refractivity contribution in [1.82, 2.24) is 5.32 Å². The minimum Gasteiger partial charge on any atom is -0.355 e. The Kier molecular flexibility index (Phi) is 7.37. The van der Waals surface area contributed by atoms with Gasteiger partial charge in [-0.15, -0.1) is 12.4 Å². The lowest BCUT2D eigenvalue weighted by molar-refractivity contribution is -0.128. The predicted octanol–water partition coefficient (Wildman–Crippen LogP) is 3.24. The van der Waals surface area contributed by atoms with Crippen molar-refractivity contribution < 1.29 is 4.79 Å². The number of aryl methyl sites for hydroxylation is 1. The van der Waals surface area contributed by atoms with E-state index in [2.05, 4.69) is 36.5 Å². The second kappa shape index (κ2) is 8.54. The highest BCUT2D eigenvalue weighted by atomic mass is 35.5. The van der Waals surface area contributed by atoms with E-state index in [0.717, 1.165) is 38.5 Å². The van der Waals surface area contributed by atoms with E-state index in [0.29, 0.717) is 6.54 Å². The van der Waals surface area contributed by atoms with E-state index in [1.165, 1.54) is 11.1 Å². The van der Waals surface area contributed by atoms with E-state index < -0.39 is 0 Å². The van der Waals surface area contributed by atoms with E-state index >= 15 is 0 Å². The molecule has 3 N–H and O–H groups in total. The van der Waals surface area contributed by atoms with Crippen molar-refractivity contribution >= 4 is 18.3 Å². The summed E-state index contributed by atoms with van der Waals surface area (Å²) in [6.45, 7) is 4.86. The van der Waals surface area contributed by atoms with Crippen LogP contribution in [0.25, 0.3) is 0 Å². The van der Waals surface area contributed by atoms with Crippen molar-refractivity contribution in [2.45, 2.75) is 57.9 Å². The molecule has 0 bridgehead atoms. The fourth-order valence-corrected chi connectivity index (χ4v) is 3.18. The zero-order valence-electron chi connectivity index (χ0n) is 13.7. The molecule has 1 amide bonds. The Labute approximate surface area is 140 Å². The summed E-state index contributed by atoms with van der Waals surface area (Å²) in [4.78, 5) is 12.3. The number of hydrogen-bond acceptors (Lipinski definition) is 2. The molecule has 22 heavy (non-hydrogen) atoms. The van der Waals surface area contributed by atoms with Crippen LogP contribution in [0.3, 0.4) is 0 Å². The van der Waals surface area contributed by atoms with Gasteiger partial charge in [0.25, 0.3) is 0 Å². The summed E-state index contributed by atoms with van der Waals surface area (Å²) >= 11 is 0. The fraction of sp³-hybridized carbons (Fsp3) is 0.611. The minimum absolute atomic E-state index is 0. The van der Waals surface area contributed by atoms with Gasteiger partial charge in [-0.25, -0.2) is 0 Å². The molecular weight excluding hydrogens is 296 g/mol. The number of benzene rings is 1. The molecule has 0 spiro atoms. The van der Waals surface area contributed by atoms with Gasteiger partial charge in [-0.2, -0.15) is 0 Å². The van der Waals surface area contributed by atoms with E-state index in [-0.39, 0.29) is 29.8 Å². The normalized spacial score (nSPS) is 24.4. The summed E-state index contributed by atoms with van der Waals surface area (Å²) in [5.41, 5.74) is 8.56. The number of nitrogens with two attached hydrogens (primary N) is 1. The van der Waals surface area contributed by atoms with Crippen molar-refractivity contribution in [2.24, 2.45) is 11.7 Å². The third kappa shape index (κ3) is 4.99. The first-order valence-corrected chi connectivity index (χ1v) is 8.17. The standard InChI is InChI=1S/C18H28N2O.ClH/c1-3-14-7-9-15(10-8-14)11-13-20-17(21)16-6-4-5-12-18(16,2)19;/h7-10,16H,3-6,11-13,19H2,1-2H3,(H,20,21);1H. The van der Waals surface area contributed by atoms with Crippen molar-refractivity contribution in [1.29, 1.82) is 0 Å². The average molecular weight is 325 g/mol. The van der Waals surface area contributed by atoms with Crippen LogP contribution in [0.4, 0.5) is 0 Å². The number of nitrogens with one attached hydrogen (secondary N) is 1. The smallest absolute Gasteiger partial charge is 0.224 e. The largest absolute Gasteiger partial charge is 0.355 e. The topological polar surface area (TPSA) is 55.1 Å². The van der Waals surface area contributed by atoms with Gasteiger partial charge >= 0.3 is 0 Å². The van der Waals surface area contributed by atoms with Gasteiger partial charge in [-0.05, 0) is 43.7 Å². The summed E-state index contributed by atoms with van der Waals surface area (Å²) < 4.78 is 0. The van der Waals surface area contributed by atoms with Crippen molar-refractivity contribution in [2.75, 3.05) is 6.54 Å². The first-order valence-electron chi connectivity index (χ1n) is 8.17. The fourth-order valence-electron chi connectivity index (χ4n) is 3.18. The summed E-state index contributed by atoms with van der Waals surface area (Å²) in [6, 6.07) is 8.63. The van der Waals surface area contributed by atoms with Gasteiger partial charge in [-0.1, -0.05) is 44.0 Å². The van der Waals surface area contributed by atoms with Gasteiger partial charge in [-0.3, -0.25) is 4.79 Å². The van der Waals surface area contributed by atoms with Gasteiger partial charge in [0, 0.05) is 12.1 Å². The third-order valence-electron chi connectivity index (χ3n) is 4.71. The van der Waals surface area contributed by atoms with Crippen molar-refractivity contribution in [3.8, 4) is 0 Å². The van der Waals surface area contributed by atoms with Crippen LogP contribution < -0.4 is 11.1 Å². The summed E-state index contributed by atoms with van der Waals surface area (Å²) in [6.07, 6.45) is 6.06. The van der Waals surface area contributed by atoms with E-state index in [9.17, 15) is 4.79 Å². The lowest BCUT2D eigenvalue weighted by atomic mass is 9.74. The molecule has 124 valence electrons. The lowest BCUT2D eigenvalue weighted by Gasteiger charge is -2.37. The first kappa shape index (κ1) is 19.0. The number of halogens is 1. The number of carbonyl (C=O) groups excluding carboxylic acids is 1. The molecule has 0 saturated heterocycles. The Morgan fingerprint density at radius 1 is 1.27 bits per heavy atom. The highest BCUT2D eigenvalue weighted by Gasteiger charge is 2.37. The second-order valence-electron chi connectivity index (χ2n) is 6.52.